The molecule has 0 spiro atoms. The van der Waals surface area contributed by atoms with Crippen LogP contribution in [0.4, 0.5) is 0 Å². The van der Waals surface area contributed by atoms with Crippen LogP contribution >= 0.6 is 0 Å². The number of benzene rings is 1. The van der Waals surface area contributed by atoms with E-state index in [1.807, 2.05) is 36.4 Å². The molecular weight excluding hydrogens is 275 g/mol. The molecule has 0 saturated heterocycles. The zero-order chi connectivity index (χ0) is 16.5. The highest BCUT2D eigenvalue weighted by Crippen LogP contribution is 2.27. The number of allylic oxidation sites excluding steroid dienone is 4. The quantitative estimate of drug-likeness (QED) is 0.499. The van der Waals surface area contributed by atoms with Gasteiger partial charge in [0.2, 0.25) is 0 Å². The highest BCUT2D eigenvalue weighted by Gasteiger charge is 2.09. The Morgan fingerprint density at radius 3 is 2.45 bits per heavy atom. The van der Waals surface area contributed by atoms with Crippen LogP contribution in [-0.2, 0) is 6.42 Å². The van der Waals surface area contributed by atoms with Gasteiger partial charge in [0.1, 0.15) is 11.3 Å². The highest BCUT2D eigenvalue weighted by molar-refractivity contribution is 6.51. The maximum Gasteiger partial charge on any atom is 0.487 e. The summed E-state index contributed by atoms with van der Waals surface area (Å²) in [6.07, 6.45) is 7.66. The van der Waals surface area contributed by atoms with Gasteiger partial charge in [0, 0.05) is 17.4 Å². The fraction of sp³-hybridized carbons (Fsp3) is 0.111. The van der Waals surface area contributed by atoms with E-state index in [0.29, 0.717) is 5.47 Å². The van der Waals surface area contributed by atoms with Gasteiger partial charge in [-0.25, -0.2) is 0 Å². The van der Waals surface area contributed by atoms with Crippen LogP contribution in [0.3, 0.4) is 0 Å². The van der Waals surface area contributed by atoms with Crippen molar-refractivity contribution in [2.75, 3.05) is 0 Å². The molecule has 0 aliphatic rings. The van der Waals surface area contributed by atoms with Crippen LogP contribution in [0.2, 0.25) is 0 Å². The van der Waals surface area contributed by atoms with Crippen molar-refractivity contribution in [2.45, 2.75) is 13.3 Å². The topological polar surface area (TPSA) is 53.6 Å². The van der Waals surface area contributed by atoms with Gasteiger partial charge in [-0.1, -0.05) is 55.7 Å². The van der Waals surface area contributed by atoms with E-state index in [1.165, 1.54) is 0 Å². The van der Waals surface area contributed by atoms with Gasteiger partial charge in [-0.3, -0.25) is 0 Å². The van der Waals surface area contributed by atoms with Gasteiger partial charge in [0.15, 0.2) is 0 Å². The minimum atomic E-state index is -1.41. The van der Waals surface area contributed by atoms with Crippen LogP contribution < -0.4 is 0 Å². The van der Waals surface area contributed by atoms with E-state index >= 15 is 0 Å². The minimum absolute atomic E-state index is 0.313. The Morgan fingerprint density at radius 1 is 1.27 bits per heavy atom. The van der Waals surface area contributed by atoms with E-state index in [-0.39, 0.29) is 0 Å². The van der Waals surface area contributed by atoms with Gasteiger partial charge in [-0.2, -0.15) is 0 Å². The molecule has 0 unspecified atom stereocenters. The second kappa shape index (κ2) is 8.87. The molecule has 0 radical (unpaired) electrons. The third-order valence-electron chi connectivity index (χ3n) is 2.96. The van der Waals surface area contributed by atoms with Crippen molar-refractivity contribution in [1.29, 1.82) is 0 Å². The maximum atomic E-state index is 8.36. The molecule has 1 aromatic heterocycles. The molecule has 2 rings (SSSR count). The number of fused-ring (bicyclic) bond motifs is 1. The molecule has 0 atom stereocenters. The number of furan rings is 1. The third-order valence-corrected chi connectivity index (χ3v) is 2.96. The third kappa shape index (κ3) is 4.62. The van der Waals surface area contributed by atoms with Crippen molar-refractivity contribution in [3.63, 3.8) is 0 Å². The van der Waals surface area contributed by atoms with Crippen molar-refractivity contribution in [1.82, 2.24) is 0 Å². The Labute approximate surface area is 131 Å². The molecule has 22 heavy (non-hydrogen) atoms. The Bertz CT molecular complexity index is 681. The SMILES string of the molecule is C=C(/C=C\C)B(O)O.C=CCc1oc2ccccc2c1C=C. The summed E-state index contributed by atoms with van der Waals surface area (Å²) < 4.78 is 5.69. The first-order valence-corrected chi connectivity index (χ1v) is 6.96. The lowest BCUT2D eigenvalue weighted by molar-refractivity contribution is 0.421. The van der Waals surface area contributed by atoms with Crippen LogP contribution in [0.15, 0.2) is 72.1 Å². The van der Waals surface area contributed by atoms with Crippen molar-refractivity contribution >= 4 is 24.2 Å². The average molecular weight is 296 g/mol. The summed E-state index contributed by atoms with van der Waals surface area (Å²) in [7, 11) is -1.41. The first kappa shape index (κ1) is 17.8. The minimum Gasteiger partial charge on any atom is -0.460 e. The second-order valence-corrected chi connectivity index (χ2v) is 4.58. The van der Waals surface area contributed by atoms with Gasteiger partial charge in [-0.05, 0) is 18.5 Å². The standard InChI is InChI=1S/C13H12O.C5H9BO2/c1-3-7-12-10(4-2)11-8-5-6-9-13(11)14-12;1-3-4-5(2)6(7)8/h3-6,8-9H,1-2,7H2;3-4,7-8H,2H2,1H3/b;4-3-. The molecular formula is C18H21BO3. The van der Waals surface area contributed by atoms with Gasteiger partial charge in [-0.15, -0.1) is 6.58 Å². The van der Waals surface area contributed by atoms with Crippen LogP contribution in [0, 0.1) is 0 Å². The van der Waals surface area contributed by atoms with Gasteiger partial charge in [0.25, 0.3) is 0 Å². The van der Waals surface area contributed by atoms with E-state index < -0.39 is 7.12 Å². The van der Waals surface area contributed by atoms with Crippen molar-refractivity contribution < 1.29 is 14.5 Å². The fourth-order valence-electron chi connectivity index (χ4n) is 1.92. The second-order valence-electron chi connectivity index (χ2n) is 4.58. The molecule has 114 valence electrons. The molecule has 0 aliphatic carbocycles. The Balaban J connectivity index is 0.000000261. The lowest BCUT2D eigenvalue weighted by Gasteiger charge is -1.92. The monoisotopic (exact) mass is 296 g/mol. The first-order valence-electron chi connectivity index (χ1n) is 6.96. The van der Waals surface area contributed by atoms with E-state index in [0.717, 1.165) is 28.7 Å². The lowest BCUT2D eigenvalue weighted by Crippen LogP contribution is -2.12. The zero-order valence-corrected chi connectivity index (χ0v) is 12.8. The molecule has 0 fully saturated rings. The fourth-order valence-corrected chi connectivity index (χ4v) is 1.92. The normalized spacial score (nSPS) is 10.1. The van der Waals surface area contributed by atoms with E-state index in [1.54, 1.807) is 19.1 Å². The number of rotatable bonds is 5. The molecule has 0 aliphatic heterocycles. The average Bonchev–Trinajstić information content (AvgIpc) is 2.85. The largest absolute Gasteiger partial charge is 0.487 e. The maximum absolute atomic E-state index is 8.36. The number of hydrogen-bond acceptors (Lipinski definition) is 3. The van der Waals surface area contributed by atoms with E-state index in [2.05, 4.69) is 19.7 Å². The summed E-state index contributed by atoms with van der Waals surface area (Å²) in [6, 6.07) is 7.98. The van der Waals surface area contributed by atoms with Crippen molar-refractivity contribution in [3.05, 3.63) is 79.0 Å². The predicted molar refractivity (Wildman–Crippen MR) is 94.4 cm³/mol. The van der Waals surface area contributed by atoms with Gasteiger partial charge in [0.05, 0.1) is 0 Å². The number of para-hydroxylation sites is 1. The zero-order valence-electron chi connectivity index (χ0n) is 12.8. The van der Waals surface area contributed by atoms with Crippen molar-refractivity contribution in [2.24, 2.45) is 0 Å². The summed E-state index contributed by atoms with van der Waals surface area (Å²) in [5.41, 5.74) is 2.31. The van der Waals surface area contributed by atoms with E-state index in [4.69, 9.17) is 14.5 Å². The summed E-state index contributed by atoms with van der Waals surface area (Å²) >= 11 is 0. The highest BCUT2D eigenvalue weighted by atomic mass is 16.4. The molecule has 0 saturated carbocycles. The van der Waals surface area contributed by atoms with E-state index in [9.17, 15) is 0 Å². The van der Waals surface area contributed by atoms with Gasteiger partial charge >= 0.3 is 7.12 Å². The first-order chi connectivity index (χ1) is 10.5. The van der Waals surface area contributed by atoms with Crippen LogP contribution in [0.1, 0.15) is 18.2 Å². The Morgan fingerprint density at radius 2 is 1.95 bits per heavy atom. The summed E-state index contributed by atoms with van der Waals surface area (Å²) in [6.45, 7) is 12.7. The molecule has 1 aromatic carbocycles. The number of hydrogen-bond donors (Lipinski definition) is 2. The lowest BCUT2D eigenvalue weighted by atomic mass is 9.81. The van der Waals surface area contributed by atoms with Crippen LogP contribution in [0.25, 0.3) is 17.0 Å². The van der Waals surface area contributed by atoms with Crippen LogP contribution in [0.5, 0.6) is 0 Å². The molecule has 1 heterocycles. The summed E-state index contributed by atoms with van der Waals surface area (Å²) in [5.74, 6) is 0.941. The smallest absolute Gasteiger partial charge is 0.460 e. The van der Waals surface area contributed by atoms with Crippen molar-refractivity contribution in [3.8, 4) is 0 Å². The van der Waals surface area contributed by atoms with Gasteiger partial charge < -0.3 is 14.5 Å². The Hall–Kier alpha value is -2.30. The molecule has 0 amide bonds. The molecule has 2 N–H and O–H groups in total. The molecule has 4 heteroatoms. The Kier molecular flexibility index (Phi) is 7.16. The summed E-state index contributed by atoms with van der Waals surface area (Å²) in [4.78, 5) is 0. The predicted octanol–water partition coefficient (Wildman–Crippen LogP) is 3.94. The molecule has 2 aromatic rings. The van der Waals surface area contributed by atoms with Crippen LogP contribution in [-0.4, -0.2) is 17.2 Å². The molecule has 3 nitrogen and oxygen atoms in total. The summed E-state index contributed by atoms with van der Waals surface area (Å²) in [5, 5.41) is 17.8. The molecule has 0 bridgehead atoms.